The average Bonchev–Trinajstić information content (AvgIpc) is 2.97. The largest absolute Gasteiger partial charge is 0.508 e. The molecule has 3 N–H and O–H groups in total. The monoisotopic (exact) mass is 609 g/mol. The number of alkyl carbamates (subject to hydrolysis) is 1. The Morgan fingerprint density at radius 3 is 2.16 bits per heavy atom. The highest BCUT2D eigenvalue weighted by molar-refractivity contribution is 5.92. The molecule has 0 aliphatic heterocycles. The maximum atomic E-state index is 14.6. The quantitative estimate of drug-likeness (QED) is 0.153. The van der Waals surface area contributed by atoms with Crippen LogP contribution in [-0.2, 0) is 20.7 Å². The molecule has 0 bridgehead atoms. The minimum absolute atomic E-state index is 0.123. The van der Waals surface area contributed by atoms with Gasteiger partial charge in [0, 0.05) is 19.5 Å². The van der Waals surface area contributed by atoms with Crippen LogP contribution in [0.5, 0.6) is 5.75 Å². The van der Waals surface area contributed by atoms with Crippen LogP contribution < -0.4 is 10.6 Å². The zero-order chi connectivity index (χ0) is 32.5. The van der Waals surface area contributed by atoms with E-state index in [9.17, 15) is 19.5 Å². The highest BCUT2D eigenvalue weighted by Gasteiger charge is 2.36. The number of rotatable bonds is 18. The van der Waals surface area contributed by atoms with Crippen molar-refractivity contribution in [2.45, 2.75) is 123 Å². The zero-order valence-electron chi connectivity index (χ0n) is 27.8. The summed E-state index contributed by atoms with van der Waals surface area (Å²) in [5, 5.41) is 16.1. The molecule has 0 saturated heterocycles. The summed E-state index contributed by atoms with van der Waals surface area (Å²) in [7, 11) is 0. The van der Waals surface area contributed by atoms with Gasteiger partial charge in [-0.1, -0.05) is 95.2 Å². The molecule has 0 fully saturated rings. The topological polar surface area (TPSA) is 108 Å². The fourth-order valence-corrected chi connectivity index (χ4v) is 5.13. The van der Waals surface area contributed by atoms with E-state index in [4.69, 9.17) is 4.74 Å². The van der Waals surface area contributed by atoms with Crippen LogP contribution in [0.2, 0.25) is 0 Å². The van der Waals surface area contributed by atoms with Crippen LogP contribution in [0.3, 0.4) is 0 Å². The zero-order valence-corrected chi connectivity index (χ0v) is 27.8. The molecule has 0 aliphatic rings. The third-order valence-electron chi connectivity index (χ3n) is 7.48. The fraction of sp³-hybridized carbons (Fsp3) is 0.583. The maximum Gasteiger partial charge on any atom is 0.408 e. The summed E-state index contributed by atoms with van der Waals surface area (Å²) in [6.45, 7) is 12.2. The van der Waals surface area contributed by atoms with Crippen molar-refractivity contribution in [3.05, 3.63) is 65.2 Å². The Kier molecular flexibility index (Phi) is 15.8. The van der Waals surface area contributed by atoms with Crippen LogP contribution >= 0.6 is 0 Å². The molecular formula is C36H55N3O5. The third kappa shape index (κ3) is 13.0. The van der Waals surface area contributed by atoms with Gasteiger partial charge in [-0.05, 0) is 69.4 Å². The van der Waals surface area contributed by atoms with Crippen molar-refractivity contribution in [1.29, 1.82) is 0 Å². The van der Waals surface area contributed by atoms with Crippen molar-refractivity contribution in [2.75, 3.05) is 13.1 Å². The molecule has 0 heterocycles. The molecule has 0 saturated carbocycles. The first-order valence-corrected chi connectivity index (χ1v) is 16.4. The number of carbonyl (C=O) groups is 3. The van der Waals surface area contributed by atoms with Crippen molar-refractivity contribution in [3.8, 4) is 5.75 Å². The molecule has 2 aromatic rings. The summed E-state index contributed by atoms with van der Waals surface area (Å²) in [5.41, 5.74) is 1.37. The minimum Gasteiger partial charge on any atom is -0.508 e. The Hall–Kier alpha value is -3.55. The molecule has 2 atom stereocenters. The van der Waals surface area contributed by atoms with E-state index in [2.05, 4.69) is 24.5 Å². The molecule has 8 heteroatoms. The van der Waals surface area contributed by atoms with Gasteiger partial charge in [-0.2, -0.15) is 0 Å². The number of benzene rings is 2. The summed E-state index contributed by atoms with van der Waals surface area (Å²) in [6.07, 6.45) is 8.52. The lowest BCUT2D eigenvalue weighted by Crippen LogP contribution is -2.54. The molecule has 3 amide bonds. The van der Waals surface area contributed by atoms with Gasteiger partial charge in [-0.3, -0.25) is 9.59 Å². The van der Waals surface area contributed by atoms with E-state index in [1.54, 1.807) is 50.8 Å². The lowest BCUT2D eigenvalue weighted by atomic mass is 9.98. The molecule has 0 radical (unpaired) electrons. The second kappa shape index (κ2) is 19.0. The molecule has 244 valence electrons. The molecule has 8 nitrogen and oxygen atoms in total. The number of nitrogens with zero attached hydrogens (tertiary/aromatic N) is 1. The number of nitrogens with one attached hydrogen (secondary N) is 2. The number of hydrogen-bond acceptors (Lipinski definition) is 5. The van der Waals surface area contributed by atoms with Crippen molar-refractivity contribution < 1.29 is 24.2 Å². The summed E-state index contributed by atoms with van der Waals surface area (Å²) < 4.78 is 5.54. The highest BCUT2D eigenvalue weighted by atomic mass is 16.6. The van der Waals surface area contributed by atoms with Crippen LogP contribution in [0.4, 0.5) is 4.79 Å². The smallest absolute Gasteiger partial charge is 0.408 e. The van der Waals surface area contributed by atoms with Crippen molar-refractivity contribution in [1.82, 2.24) is 15.5 Å². The van der Waals surface area contributed by atoms with Gasteiger partial charge >= 0.3 is 6.09 Å². The minimum atomic E-state index is -0.957. The van der Waals surface area contributed by atoms with Gasteiger partial charge in [-0.15, -0.1) is 0 Å². The maximum absolute atomic E-state index is 14.6. The van der Waals surface area contributed by atoms with Gasteiger partial charge in [-0.25, -0.2) is 4.79 Å². The summed E-state index contributed by atoms with van der Waals surface area (Å²) in [6, 6.07) is 12.7. The molecule has 0 aliphatic carbocycles. The fourth-order valence-electron chi connectivity index (χ4n) is 5.13. The summed E-state index contributed by atoms with van der Waals surface area (Å²) in [4.78, 5) is 43.1. The molecule has 2 aromatic carbocycles. The van der Waals surface area contributed by atoms with Crippen molar-refractivity contribution in [2.24, 2.45) is 0 Å². The number of ether oxygens (including phenoxy) is 1. The molecular weight excluding hydrogens is 554 g/mol. The van der Waals surface area contributed by atoms with Gasteiger partial charge in [0.25, 0.3) is 0 Å². The standard InChI is InChI=1S/C36H55N3O5/c1-7-9-11-12-13-18-24-39(32(33(41)37-23-17-10-8-2)29-21-22-31(40)27(3)25-29)34(42)30(26-28-19-15-14-16-20-28)38-35(43)44-36(4,5)6/h14-16,19-22,25,30,32,40H,7-13,17-18,23-24,26H2,1-6H3,(H,37,41)(H,38,43). The number of aromatic hydroxyl groups is 1. The van der Waals surface area contributed by atoms with E-state index >= 15 is 0 Å². The number of aryl methyl sites for hydroxylation is 1. The lowest BCUT2D eigenvalue weighted by molar-refractivity contribution is -0.142. The lowest BCUT2D eigenvalue weighted by Gasteiger charge is -2.35. The Balaban J connectivity index is 2.52. The van der Waals surface area contributed by atoms with Gasteiger partial charge in [0.1, 0.15) is 23.4 Å². The number of phenolic OH excluding ortho intramolecular Hbond substituents is 1. The number of phenols is 1. The van der Waals surface area contributed by atoms with E-state index in [1.807, 2.05) is 30.3 Å². The Bertz CT molecular complexity index is 1160. The normalized spacial score (nSPS) is 12.7. The van der Waals surface area contributed by atoms with Gasteiger partial charge < -0.3 is 25.4 Å². The molecule has 0 spiro atoms. The third-order valence-corrected chi connectivity index (χ3v) is 7.48. The predicted octanol–water partition coefficient (Wildman–Crippen LogP) is 7.37. The van der Waals surface area contributed by atoms with Crippen molar-refractivity contribution >= 4 is 17.9 Å². The van der Waals surface area contributed by atoms with Crippen LogP contribution in [-0.4, -0.2) is 52.6 Å². The summed E-state index contributed by atoms with van der Waals surface area (Å²) >= 11 is 0. The van der Waals surface area contributed by atoms with Crippen molar-refractivity contribution in [3.63, 3.8) is 0 Å². The van der Waals surface area contributed by atoms with Crippen LogP contribution in [0, 0.1) is 6.92 Å². The molecule has 2 rings (SSSR count). The van der Waals surface area contributed by atoms with Crippen LogP contribution in [0.1, 0.15) is 115 Å². The van der Waals surface area contributed by atoms with E-state index in [1.165, 1.54) is 0 Å². The number of amides is 3. The highest BCUT2D eigenvalue weighted by Crippen LogP contribution is 2.28. The molecule has 2 unspecified atom stereocenters. The second-order valence-electron chi connectivity index (χ2n) is 12.6. The van der Waals surface area contributed by atoms with Gasteiger partial charge in [0.2, 0.25) is 11.8 Å². The Labute approximate surface area is 264 Å². The van der Waals surface area contributed by atoms with Crippen LogP contribution in [0.15, 0.2) is 48.5 Å². The van der Waals surface area contributed by atoms with Gasteiger partial charge in [0.05, 0.1) is 0 Å². The second-order valence-corrected chi connectivity index (χ2v) is 12.6. The Morgan fingerprint density at radius 1 is 0.886 bits per heavy atom. The average molecular weight is 610 g/mol. The number of carbonyl (C=O) groups excluding carboxylic acids is 3. The van der Waals surface area contributed by atoms with E-state index in [-0.39, 0.29) is 24.0 Å². The Morgan fingerprint density at radius 2 is 1.52 bits per heavy atom. The van der Waals surface area contributed by atoms with Crippen LogP contribution in [0.25, 0.3) is 0 Å². The summed E-state index contributed by atoms with van der Waals surface area (Å²) in [5.74, 6) is -0.507. The predicted molar refractivity (Wildman–Crippen MR) is 177 cm³/mol. The molecule has 0 aromatic heterocycles. The van der Waals surface area contributed by atoms with Gasteiger partial charge in [0.15, 0.2) is 0 Å². The number of unbranched alkanes of at least 4 members (excludes halogenated alkanes) is 7. The first-order valence-electron chi connectivity index (χ1n) is 16.4. The molecule has 44 heavy (non-hydrogen) atoms. The van der Waals surface area contributed by atoms with E-state index in [0.29, 0.717) is 24.2 Å². The number of hydrogen-bond donors (Lipinski definition) is 3. The van der Waals surface area contributed by atoms with E-state index < -0.39 is 23.8 Å². The van der Waals surface area contributed by atoms with E-state index in [0.717, 1.165) is 63.4 Å². The first kappa shape index (κ1) is 36.6. The first-order chi connectivity index (χ1) is 21.0. The SMILES string of the molecule is CCCCCCCCN(C(=O)C(Cc1ccccc1)NC(=O)OC(C)(C)C)C(C(=O)NCCCCC)c1ccc(O)c(C)c1.